The van der Waals surface area contributed by atoms with Crippen LogP contribution in [-0.2, 0) is 9.59 Å². The molecule has 0 saturated carbocycles. The smallest absolute Gasteiger partial charge is 0.271 e. The van der Waals surface area contributed by atoms with Crippen LogP contribution >= 0.6 is 11.6 Å². The van der Waals surface area contributed by atoms with Gasteiger partial charge in [-0.1, -0.05) is 11.6 Å². The summed E-state index contributed by atoms with van der Waals surface area (Å²) in [5, 5.41) is 13.7. The Balaban J connectivity index is 1.87. The van der Waals surface area contributed by atoms with E-state index >= 15 is 0 Å². The van der Waals surface area contributed by atoms with Crippen molar-refractivity contribution in [1.29, 1.82) is 0 Å². The molecule has 1 aliphatic heterocycles. The quantitative estimate of drug-likeness (QED) is 0.505. The summed E-state index contributed by atoms with van der Waals surface area (Å²) in [5.74, 6) is -0.101. The number of nitrogens with zero attached hydrogens (tertiary/aromatic N) is 4. The first-order chi connectivity index (χ1) is 13.8. The SMILES string of the molecule is CCN(CC)C(=O)CN1CCN(C(C)C(=O)Nc2ccc([N+](=O)[O-])cc2Cl)CC1. The number of piperazine rings is 1. The summed E-state index contributed by atoms with van der Waals surface area (Å²) >= 11 is 6.05. The van der Waals surface area contributed by atoms with Gasteiger partial charge in [-0.2, -0.15) is 0 Å². The highest BCUT2D eigenvalue weighted by Crippen LogP contribution is 2.27. The zero-order chi connectivity index (χ0) is 21.6. The van der Waals surface area contributed by atoms with Crippen molar-refractivity contribution in [1.82, 2.24) is 14.7 Å². The third kappa shape index (κ3) is 6.12. The molecule has 1 atom stereocenters. The number of hydrogen-bond donors (Lipinski definition) is 1. The summed E-state index contributed by atoms with van der Waals surface area (Å²) in [4.78, 5) is 41.1. The van der Waals surface area contributed by atoms with E-state index in [0.717, 1.165) is 0 Å². The van der Waals surface area contributed by atoms with Crippen LogP contribution in [0.4, 0.5) is 11.4 Å². The number of benzene rings is 1. The Labute approximate surface area is 175 Å². The van der Waals surface area contributed by atoms with E-state index in [1.807, 2.05) is 30.6 Å². The van der Waals surface area contributed by atoms with Crippen LogP contribution < -0.4 is 5.32 Å². The number of nitro benzene ring substituents is 1. The average molecular weight is 426 g/mol. The summed E-state index contributed by atoms with van der Waals surface area (Å²) in [7, 11) is 0. The van der Waals surface area contributed by atoms with E-state index in [1.165, 1.54) is 18.2 Å². The first-order valence-electron chi connectivity index (χ1n) is 9.75. The van der Waals surface area contributed by atoms with E-state index in [4.69, 9.17) is 11.6 Å². The van der Waals surface area contributed by atoms with Gasteiger partial charge in [0.1, 0.15) is 0 Å². The standard InChI is InChI=1S/C19H28ClN5O4/c1-4-23(5-2)18(26)13-22-8-10-24(11-9-22)14(3)19(27)21-17-7-6-15(25(28)29)12-16(17)20/h6-7,12,14H,4-5,8-11,13H2,1-3H3,(H,21,27). The fourth-order valence-corrected chi connectivity index (χ4v) is 3.52. The maximum absolute atomic E-state index is 12.6. The highest BCUT2D eigenvalue weighted by Gasteiger charge is 2.27. The molecule has 1 unspecified atom stereocenters. The lowest BCUT2D eigenvalue weighted by Crippen LogP contribution is -2.54. The van der Waals surface area contributed by atoms with Gasteiger partial charge in [0.2, 0.25) is 11.8 Å². The van der Waals surface area contributed by atoms with Gasteiger partial charge in [-0.25, -0.2) is 0 Å². The van der Waals surface area contributed by atoms with E-state index in [-0.39, 0.29) is 28.6 Å². The molecular weight excluding hydrogens is 398 g/mol. The molecule has 1 heterocycles. The lowest BCUT2D eigenvalue weighted by atomic mass is 10.2. The Morgan fingerprint density at radius 2 is 1.86 bits per heavy atom. The largest absolute Gasteiger partial charge is 0.342 e. The molecule has 1 aromatic carbocycles. The fraction of sp³-hybridized carbons (Fsp3) is 0.579. The summed E-state index contributed by atoms with van der Waals surface area (Å²) in [6.45, 7) is 10.3. The minimum Gasteiger partial charge on any atom is -0.342 e. The Bertz CT molecular complexity index is 748. The van der Waals surface area contributed by atoms with E-state index in [9.17, 15) is 19.7 Å². The monoisotopic (exact) mass is 425 g/mol. The first kappa shape index (κ1) is 23.1. The number of halogens is 1. The number of nitro groups is 1. The number of hydrogen-bond acceptors (Lipinski definition) is 6. The van der Waals surface area contributed by atoms with Gasteiger partial charge >= 0.3 is 0 Å². The van der Waals surface area contributed by atoms with Crippen LogP contribution in [0.2, 0.25) is 5.02 Å². The van der Waals surface area contributed by atoms with E-state index in [2.05, 4.69) is 10.2 Å². The minimum atomic E-state index is -0.537. The fourth-order valence-electron chi connectivity index (χ4n) is 3.30. The molecule has 1 N–H and O–H groups in total. The zero-order valence-electron chi connectivity index (χ0n) is 17.1. The van der Waals surface area contributed by atoms with Gasteiger partial charge in [0.25, 0.3) is 5.69 Å². The molecule has 1 aromatic rings. The number of non-ortho nitro benzene ring substituents is 1. The maximum atomic E-state index is 12.6. The van der Waals surface area contributed by atoms with Crippen LogP contribution in [0.3, 0.4) is 0 Å². The third-order valence-electron chi connectivity index (χ3n) is 5.23. The molecule has 1 saturated heterocycles. The van der Waals surface area contributed by atoms with Crippen LogP contribution in [0.25, 0.3) is 0 Å². The van der Waals surface area contributed by atoms with Crippen molar-refractivity contribution in [2.45, 2.75) is 26.8 Å². The van der Waals surface area contributed by atoms with Gasteiger partial charge in [0.05, 0.1) is 28.2 Å². The topological polar surface area (TPSA) is 99.0 Å². The molecule has 9 nitrogen and oxygen atoms in total. The summed E-state index contributed by atoms with van der Waals surface area (Å²) in [6, 6.07) is 3.56. The number of nitrogens with one attached hydrogen (secondary N) is 1. The third-order valence-corrected chi connectivity index (χ3v) is 5.54. The number of rotatable bonds is 8. The minimum absolute atomic E-state index is 0.125. The number of amides is 2. The van der Waals surface area contributed by atoms with Gasteiger partial charge in [0, 0.05) is 51.4 Å². The average Bonchev–Trinajstić information content (AvgIpc) is 2.70. The van der Waals surface area contributed by atoms with Crippen molar-refractivity contribution in [3.8, 4) is 0 Å². The number of carbonyl (C=O) groups is 2. The first-order valence-corrected chi connectivity index (χ1v) is 10.1. The van der Waals surface area contributed by atoms with Gasteiger partial charge < -0.3 is 10.2 Å². The second kappa shape index (κ2) is 10.5. The molecule has 0 spiro atoms. The molecule has 2 rings (SSSR count). The lowest BCUT2D eigenvalue weighted by molar-refractivity contribution is -0.384. The number of carbonyl (C=O) groups excluding carboxylic acids is 2. The van der Waals surface area contributed by atoms with Crippen LogP contribution in [0.5, 0.6) is 0 Å². The molecule has 0 aliphatic carbocycles. The highest BCUT2D eigenvalue weighted by molar-refractivity contribution is 6.34. The van der Waals surface area contributed by atoms with Crippen molar-refractivity contribution in [3.05, 3.63) is 33.3 Å². The van der Waals surface area contributed by atoms with Crippen molar-refractivity contribution in [3.63, 3.8) is 0 Å². The normalized spacial score (nSPS) is 16.3. The van der Waals surface area contributed by atoms with Crippen molar-refractivity contribution in [2.24, 2.45) is 0 Å². The molecule has 1 fully saturated rings. The van der Waals surface area contributed by atoms with E-state index < -0.39 is 4.92 Å². The van der Waals surface area contributed by atoms with Gasteiger partial charge in [-0.05, 0) is 26.8 Å². The van der Waals surface area contributed by atoms with Crippen molar-refractivity contribution >= 4 is 34.8 Å². The molecular formula is C19H28ClN5O4. The summed E-state index contributed by atoms with van der Waals surface area (Å²) in [5.41, 5.74) is 0.217. The summed E-state index contributed by atoms with van der Waals surface area (Å²) < 4.78 is 0. The molecule has 0 radical (unpaired) electrons. The number of anilines is 1. The van der Waals surface area contributed by atoms with E-state index in [0.29, 0.717) is 51.5 Å². The van der Waals surface area contributed by atoms with Gasteiger partial charge in [-0.15, -0.1) is 0 Å². The van der Waals surface area contributed by atoms with Crippen LogP contribution in [0.1, 0.15) is 20.8 Å². The second-order valence-electron chi connectivity index (χ2n) is 6.96. The molecule has 0 aromatic heterocycles. The van der Waals surface area contributed by atoms with Gasteiger partial charge in [-0.3, -0.25) is 29.5 Å². The Kier molecular flexibility index (Phi) is 8.36. The predicted molar refractivity (Wildman–Crippen MR) is 112 cm³/mol. The molecule has 0 bridgehead atoms. The highest BCUT2D eigenvalue weighted by atomic mass is 35.5. The van der Waals surface area contributed by atoms with Crippen molar-refractivity contribution < 1.29 is 14.5 Å². The Hall–Kier alpha value is -2.23. The molecule has 10 heteroatoms. The van der Waals surface area contributed by atoms with Crippen LogP contribution in [0.15, 0.2) is 18.2 Å². The maximum Gasteiger partial charge on any atom is 0.271 e. The molecule has 1 aliphatic rings. The van der Waals surface area contributed by atoms with E-state index in [1.54, 1.807) is 0 Å². The lowest BCUT2D eigenvalue weighted by Gasteiger charge is -2.37. The van der Waals surface area contributed by atoms with Crippen molar-refractivity contribution in [2.75, 3.05) is 51.1 Å². The predicted octanol–water partition coefficient (Wildman–Crippen LogP) is 2.06. The molecule has 2 amide bonds. The molecule has 29 heavy (non-hydrogen) atoms. The zero-order valence-corrected chi connectivity index (χ0v) is 17.8. The molecule has 160 valence electrons. The Morgan fingerprint density at radius 1 is 1.24 bits per heavy atom. The number of likely N-dealkylation sites (N-methyl/N-ethyl adjacent to an activating group) is 1. The van der Waals surface area contributed by atoms with Crippen LogP contribution in [0, 0.1) is 10.1 Å². The Morgan fingerprint density at radius 3 is 2.38 bits per heavy atom. The van der Waals surface area contributed by atoms with Gasteiger partial charge in [0.15, 0.2) is 0 Å². The summed E-state index contributed by atoms with van der Waals surface area (Å²) in [6.07, 6.45) is 0. The van der Waals surface area contributed by atoms with Crippen LogP contribution in [-0.4, -0.2) is 83.3 Å². The second-order valence-corrected chi connectivity index (χ2v) is 7.37.